The zero-order valence-corrected chi connectivity index (χ0v) is 17.8. The van der Waals surface area contributed by atoms with Crippen LogP contribution in [0.1, 0.15) is 50.1 Å². The van der Waals surface area contributed by atoms with Gasteiger partial charge in [-0.15, -0.1) is 0 Å². The average Bonchev–Trinajstić information content (AvgIpc) is 2.70. The Morgan fingerprint density at radius 1 is 1.07 bits per heavy atom. The molecule has 0 saturated heterocycles. The van der Waals surface area contributed by atoms with Crippen LogP contribution in [0.25, 0.3) is 0 Å². The first kappa shape index (κ1) is 23.3. The van der Waals surface area contributed by atoms with Crippen LogP contribution in [0.3, 0.4) is 0 Å². The third kappa shape index (κ3) is 7.42. The van der Waals surface area contributed by atoms with Gasteiger partial charge in [0.2, 0.25) is 10.0 Å². The quantitative estimate of drug-likeness (QED) is 0.393. The summed E-state index contributed by atoms with van der Waals surface area (Å²) in [6.07, 6.45) is 4.04. The summed E-state index contributed by atoms with van der Waals surface area (Å²) in [6, 6.07) is 11.5. The Labute approximate surface area is 176 Å². The molecule has 0 aliphatic rings. The lowest BCUT2D eigenvalue weighted by Crippen LogP contribution is -2.29. The zero-order chi connectivity index (χ0) is 21.3. The van der Waals surface area contributed by atoms with E-state index in [1.54, 1.807) is 24.3 Å². The molecule has 0 amide bonds. The van der Waals surface area contributed by atoms with E-state index in [2.05, 4.69) is 9.46 Å². The number of unbranched alkanes of at least 4 members (excludes halogenated alkanes) is 3. The molecule has 1 atom stereocenters. The van der Waals surface area contributed by atoms with E-state index in [0.717, 1.165) is 25.7 Å². The van der Waals surface area contributed by atoms with Crippen LogP contribution in [-0.2, 0) is 19.6 Å². The van der Waals surface area contributed by atoms with E-state index in [0.29, 0.717) is 18.4 Å². The van der Waals surface area contributed by atoms with Gasteiger partial charge in [-0.3, -0.25) is 4.79 Å². The van der Waals surface area contributed by atoms with Crippen LogP contribution in [0.2, 0.25) is 5.02 Å². The highest BCUT2D eigenvalue weighted by Crippen LogP contribution is 2.26. The molecule has 29 heavy (non-hydrogen) atoms. The minimum Gasteiger partial charge on any atom is -0.469 e. The number of nitrogens with one attached hydrogen (secondary N) is 1. The third-order valence-electron chi connectivity index (χ3n) is 4.55. The van der Waals surface area contributed by atoms with Gasteiger partial charge in [-0.25, -0.2) is 17.5 Å². The zero-order valence-electron chi connectivity index (χ0n) is 16.2. The van der Waals surface area contributed by atoms with Crippen LogP contribution < -0.4 is 4.72 Å². The second kappa shape index (κ2) is 11.3. The Morgan fingerprint density at radius 2 is 1.72 bits per heavy atom. The fourth-order valence-electron chi connectivity index (χ4n) is 2.98. The summed E-state index contributed by atoms with van der Waals surface area (Å²) < 4.78 is 46.3. The number of carbonyl (C=O) groups is 1. The monoisotopic (exact) mass is 441 g/mol. The molecule has 8 heteroatoms. The van der Waals surface area contributed by atoms with Crippen LogP contribution in [0.15, 0.2) is 53.4 Å². The highest BCUT2D eigenvalue weighted by molar-refractivity contribution is 7.89. The molecule has 0 bridgehead atoms. The Balaban J connectivity index is 2.05. The van der Waals surface area contributed by atoms with E-state index in [9.17, 15) is 17.6 Å². The van der Waals surface area contributed by atoms with Gasteiger partial charge in [-0.2, -0.15) is 0 Å². The van der Waals surface area contributed by atoms with E-state index in [4.69, 9.17) is 11.6 Å². The number of ether oxygens (including phenoxy) is 1. The molecule has 158 valence electrons. The number of hydrogen-bond donors (Lipinski definition) is 1. The lowest BCUT2D eigenvalue weighted by molar-refractivity contribution is -0.140. The molecule has 0 saturated carbocycles. The maximum absolute atomic E-state index is 13.3. The van der Waals surface area contributed by atoms with Crippen LogP contribution in [-0.4, -0.2) is 21.5 Å². The van der Waals surface area contributed by atoms with Gasteiger partial charge in [0.15, 0.2) is 0 Å². The number of carbonyl (C=O) groups excluding carboxylic acids is 1. The van der Waals surface area contributed by atoms with Crippen LogP contribution in [0.5, 0.6) is 0 Å². The first-order chi connectivity index (χ1) is 13.8. The molecule has 0 aliphatic carbocycles. The molecular weight excluding hydrogens is 417 g/mol. The van der Waals surface area contributed by atoms with Crippen molar-refractivity contribution in [1.82, 2.24) is 4.72 Å². The van der Waals surface area contributed by atoms with Gasteiger partial charge >= 0.3 is 5.97 Å². The molecule has 0 fully saturated rings. The van der Waals surface area contributed by atoms with Crippen LogP contribution in [0.4, 0.5) is 4.39 Å². The minimum absolute atomic E-state index is 0.00635. The topological polar surface area (TPSA) is 72.5 Å². The molecule has 0 aliphatic heterocycles. The molecule has 0 radical (unpaired) electrons. The molecule has 2 aromatic carbocycles. The van der Waals surface area contributed by atoms with Gasteiger partial charge in [-0.1, -0.05) is 55.1 Å². The predicted octanol–water partition coefficient (Wildman–Crippen LogP) is 5.01. The number of methoxy groups -OCH3 is 1. The Hall–Kier alpha value is -1.96. The van der Waals surface area contributed by atoms with Crippen LogP contribution >= 0.6 is 11.6 Å². The second-order valence-corrected chi connectivity index (χ2v) is 8.77. The first-order valence-corrected chi connectivity index (χ1v) is 11.3. The summed E-state index contributed by atoms with van der Waals surface area (Å²) in [5.41, 5.74) is 0.677. The summed E-state index contributed by atoms with van der Waals surface area (Å²) in [7, 11) is -2.49. The Morgan fingerprint density at radius 3 is 2.38 bits per heavy atom. The number of hydrogen-bond acceptors (Lipinski definition) is 4. The largest absolute Gasteiger partial charge is 0.469 e. The second-order valence-electron chi connectivity index (χ2n) is 6.68. The fraction of sp³-hybridized carbons (Fsp3) is 0.381. The number of sulfonamides is 1. The minimum atomic E-state index is -3.85. The van der Waals surface area contributed by atoms with E-state index in [1.807, 2.05) is 0 Å². The van der Waals surface area contributed by atoms with Gasteiger partial charge < -0.3 is 4.74 Å². The SMILES string of the molecule is COC(=O)CCCCCCC(NS(=O)(=O)c1ccccc1Cl)c1ccc(F)cc1. The lowest BCUT2D eigenvalue weighted by Gasteiger charge is -2.20. The molecule has 1 unspecified atom stereocenters. The van der Waals surface area contributed by atoms with Crippen molar-refractivity contribution in [2.24, 2.45) is 0 Å². The van der Waals surface area contributed by atoms with Crippen molar-refractivity contribution in [2.75, 3.05) is 7.11 Å². The standard InChI is InChI=1S/C21H25ClFNO4S/c1-28-21(25)11-5-3-2-4-9-19(16-12-14-17(23)15-13-16)24-29(26,27)20-10-7-6-8-18(20)22/h6-8,10,12-15,19,24H,2-5,9,11H2,1H3. The molecule has 2 rings (SSSR count). The smallest absolute Gasteiger partial charge is 0.305 e. The van der Waals surface area contributed by atoms with Gasteiger partial charge in [-0.05, 0) is 42.7 Å². The first-order valence-electron chi connectivity index (χ1n) is 9.42. The molecule has 2 aromatic rings. The number of halogens is 2. The Bertz CT molecular complexity index is 903. The molecule has 1 N–H and O–H groups in total. The van der Waals surface area contributed by atoms with Gasteiger partial charge in [0, 0.05) is 12.5 Å². The molecule has 5 nitrogen and oxygen atoms in total. The van der Waals surface area contributed by atoms with Crippen molar-refractivity contribution in [3.63, 3.8) is 0 Å². The number of benzene rings is 2. The van der Waals surface area contributed by atoms with Crippen molar-refractivity contribution in [3.05, 3.63) is 64.9 Å². The van der Waals surface area contributed by atoms with Gasteiger partial charge in [0.25, 0.3) is 0 Å². The van der Waals surface area contributed by atoms with Crippen LogP contribution in [0, 0.1) is 5.82 Å². The van der Waals surface area contributed by atoms with E-state index < -0.39 is 16.1 Å². The van der Waals surface area contributed by atoms with Gasteiger partial charge in [0.1, 0.15) is 10.7 Å². The summed E-state index contributed by atoms with van der Waals surface area (Å²) in [5.74, 6) is -0.619. The van der Waals surface area contributed by atoms with E-state index >= 15 is 0 Å². The highest BCUT2D eigenvalue weighted by atomic mass is 35.5. The van der Waals surface area contributed by atoms with Crippen molar-refractivity contribution in [2.45, 2.75) is 49.5 Å². The van der Waals surface area contributed by atoms with E-state index in [1.165, 1.54) is 31.4 Å². The Kier molecular flexibility index (Phi) is 9.07. The van der Waals surface area contributed by atoms with Crippen molar-refractivity contribution < 1.29 is 22.3 Å². The summed E-state index contributed by atoms with van der Waals surface area (Å²) >= 11 is 6.05. The third-order valence-corrected chi connectivity index (χ3v) is 6.52. The number of esters is 1. The number of rotatable bonds is 11. The maximum atomic E-state index is 13.3. The van der Waals surface area contributed by atoms with Crippen molar-refractivity contribution in [1.29, 1.82) is 0 Å². The van der Waals surface area contributed by atoms with Gasteiger partial charge in [0.05, 0.1) is 12.1 Å². The summed E-state index contributed by atoms with van der Waals surface area (Å²) in [5, 5.41) is 0.140. The summed E-state index contributed by atoms with van der Waals surface area (Å²) in [4.78, 5) is 11.2. The fourth-order valence-corrected chi connectivity index (χ4v) is 4.75. The summed E-state index contributed by atoms with van der Waals surface area (Å²) in [6.45, 7) is 0. The maximum Gasteiger partial charge on any atom is 0.305 e. The highest BCUT2D eigenvalue weighted by Gasteiger charge is 2.23. The predicted molar refractivity (Wildman–Crippen MR) is 111 cm³/mol. The van der Waals surface area contributed by atoms with E-state index in [-0.39, 0.29) is 21.7 Å². The lowest BCUT2D eigenvalue weighted by atomic mass is 10.0. The molecule has 0 spiro atoms. The average molecular weight is 442 g/mol. The molecular formula is C21H25ClFNO4S. The normalized spacial score (nSPS) is 12.5. The van der Waals surface area contributed by atoms with Crippen molar-refractivity contribution in [3.8, 4) is 0 Å². The van der Waals surface area contributed by atoms with Crippen molar-refractivity contribution >= 4 is 27.6 Å². The molecule has 0 heterocycles. The molecule has 0 aromatic heterocycles.